The van der Waals surface area contributed by atoms with Gasteiger partial charge in [0.05, 0.1) is 12.2 Å². The Kier molecular flexibility index (Phi) is 5.59. The largest absolute Gasteiger partial charge is 0.494 e. The van der Waals surface area contributed by atoms with E-state index in [9.17, 15) is 4.79 Å². The van der Waals surface area contributed by atoms with Gasteiger partial charge >= 0.3 is 5.97 Å². The van der Waals surface area contributed by atoms with E-state index in [2.05, 4.69) is 13.8 Å². The van der Waals surface area contributed by atoms with E-state index in [0.29, 0.717) is 11.5 Å². The van der Waals surface area contributed by atoms with Crippen molar-refractivity contribution in [3.8, 4) is 16.9 Å². The number of hydrogen-bond donors (Lipinski definition) is 1. The molecule has 0 radical (unpaired) electrons. The highest BCUT2D eigenvalue weighted by Gasteiger charge is 2.03. The van der Waals surface area contributed by atoms with Gasteiger partial charge in [0.2, 0.25) is 0 Å². The van der Waals surface area contributed by atoms with E-state index in [1.165, 1.54) is 6.42 Å². The van der Waals surface area contributed by atoms with Crippen LogP contribution >= 0.6 is 0 Å². The molecular formula is C19H22O3. The van der Waals surface area contributed by atoms with Crippen LogP contribution in [0.3, 0.4) is 0 Å². The van der Waals surface area contributed by atoms with Gasteiger partial charge in [0, 0.05) is 0 Å². The van der Waals surface area contributed by atoms with Crippen molar-refractivity contribution in [2.45, 2.75) is 26.7 Å². The van der Waals surface area contributed by atoms with Gasteiger partial charge in [-0.25, -0.2) is 4.79 Å². The first-order valence-electron chi connectivity index (χ1n) is 7.63. The lowest BCUT2D eigenvalue weighted by Crippen LogP contribution is -1.99. The second-order valence-corrected chi connectivity index (χ2v) is 5.79. The van der Waals surface area contributed by atoms with Crippen LogP contribution in [-0.4, -0.2) is 17.7 Å². The molecule has 0 amide bonds. The summed E-state index contributed by atoms with van der Waals surface area (Å²) in [4.78, 5) is 10.8. The molecule has 1 N–H and O–H groups in total. The van der Waals surface area contributed by atoms with Crippen molar-refractivity contribution >= 4 is 5.97 Å². The van der Waals surface area contributed by atoms with Crippen LogP contribution in [0.5, 0.6) is 5.75 Å². The van der Waals surface area contributed by atoms with Gasteiger partial charge in [-0.2, -0.15) is 0 Å². The number of hydrogen-bond acceptors (Lipinski definition) is 2. The molecule has 2 aromatic rings. The van der Waals surface area contributed by atoms with Crippen LogP contribution in [-0.2, 0) is 0 Å². The van der Waals surface area contributed by atoms with Gasteiger partial charge in [-0.3, -0.25) is 0 Å². The summed E-state index contributed by atoms with van der Waals surface area (Å²) in [6.07, 6.45) is 2.24. The summed E-state index contributed by atoms with van der Waals surface area (Å²) in [6, 6.07) is 14.8. The lowest BCUT2D eigenvalue weighted by molar-refractivity contribution is 0.0697. The number of carbonyl (C=O) groups is 1. The fraction of sp³-hybridized carbons (Fsp3) is 0.316. The molecule has 0 aliphatic carbocycles. The first-order chi connectivity index (χ1) is 10.6. The van der Waals surface area contributed by atoms with Crippen molar-refractivity contribution in [1.29, 1.82) is 0 Å². The minimum atomic E-state index is -0.906. The summed E-state index contributed by atoms with van der Waals surface area (Å²) in [5.74, 6) is 0.672. The summed E-state index contributed by atoms with van der Waals surface area (Å²) in [5.41, 5.74) is 2.34. The molecule has 0 spiro atoms. The molecule has 0 fully saturated rings. The second-order valence-electron chi connectivity index (χ2n) is 5.79. The maximum atomic E-state index is 10.8. The Morgan fingerprint density at radius 1 is 1.00 bits per heavy atom. The molecule has 0 saturated carbocycles. The number of carboxylic acids is 1. The lowest BCUT2D eigenvalue weighted by atomic mass is 10.0. The smallest absolute Gasteiger partial charge is 0.335 e. The minimum Gasteiger partial charge on any atom is -0.494 e. The average Bonchev–Trinajstić information content (AvgIpc) is 2.52. The zero-order valence-electron chi connectivity index (χ0n) is 13.1. The molecule has 0 saturated heterocycles. The van der Waals surface area contributed by atoms with Crippen LogP contribution in [0.1, 0.15) is 37.0 Å². The number of carboxylic acid groups (broad SMARTS) is 1. The van der Waals surface area contributed by atoms with E-state index < -0.39 is 5.97 Å². The van der Waals surface area contributed by atoms with Crippen LogP contribution in [0.2, 0.25) is 0 Å². The van der Waals surface area contributed by atoms with Crippen molar-refractivity contribution in [3.63, 3.8) is 0 Å². The van der Waals surface area contributed by atoms with E-state index in [1.807, 2.05) is 36.4 Å². The standard InChI is InChI=1S/C19H22O3/c1-14(2)4-3-13-22-18-11-9-16(10-12-18)15-5-7-17(8-6-15)19(20)21/h5-12,14H,3-4,13H2,1-2H3,(H,20,21). The SMILES string of the molecule is CC(C)CCCOc1ccc(-c2ccc(C(=O)O)cc2)cc1. The number of rotatable bonds is 7. The van der Waals surface area contributed by atoms with Crippen LogP contribution in [0.25, 0.3) is 11.1 Å². The molecule has 0 atom stereocenters. The van der Waals surface area contributed by atoms with Crippen LogP contribution in [0, 0.1) is 5.92 Å². The fourth-order valence-electron chi connectivity index (χ4n) is 2.23. The molecule has 3 heteroatoms. The van der Waals surface area contributed by atoms with Gasteiger partial charge < -0.3 is 9.84 Å². The Morgan fingerprint density at radius 2 is 1.55 bits per heavy atom. The van der Waals surface area contributed by atoms with Crippen molar-refractivity contribution in [2.24, 2.45) is 5.92 Å². The Labute approximate surface area is 131 Å². The predicted octanol–water partition coefficient (Wildman–Crippen LogP) is 4.87. The Balaban J connectivity index is 1.95. The van der Waals surface area contributed by atoms with E-state index in [4.69, 9.17) is 9.84 Å². The number of ether oxygens (including phenoxy) is 1. The molecule has 0 bridgehead atoms. The summed E-state index contributed by atoms with van der Waals surface area (Å²) in [7, 11) is 0. The van der Waals surface area contributed by atoms with Gasteiger partial charge in [0.15, 0.2) is 0 Å². The number of benzene rings is 2. The van der Waals surface area contributed by atoms with Gasteiger partial charge in [-0.05, 0) is 54.2 Å². The van der Waals surface area contributed by atoms with Gasteiger partial charge in [-0.15, -0.1) is 0 Å². The monoisotopic (exact) mass is 298 g/mol. The molecule has 0 aliphatic heterocycles. The maximum absolute atomic E-state index is 10.8. The van der Waals surface area contributed by atoms with Gasteiger partial charge in [0.1, 0.15) is 5.75 Å². The third kappa shape index (κ3) is 4.62. The zero-order valence-corrected chi connectivity index (χ0v) is 13.1. The Hall–Kier alpha value is -2.29. The summed E-state index contributed by atoms with van der Waals surface area (Å²) < 4.78 is 5.72. The average molecular weight is 298 g/mol. The van der Waals surface area contributed by atoms with E-state index in [1.54, 1.807) is 12.1 Å². The highest BCUT2D eigenvalue weighted by atomic mass is 16.5. The van der Waals surface area contributed by atoms with Crippen LogP contribution < -0.4 is 4.74 Å². The van der Waals surface area contributed by atoms with Crippen molar-refractivity contribution in [2.75, 3.05) is 6.61 Å². The minimum absolute atomic E-state index is 0.300. The number of aromatic carboxylic acids is 1. The molecule has 3 nitrogen and oxygen atoms in total. The van der Waals surface area contributed by atoms with Crippen LogP contribution in [0.4, 0.5) is 0 Å². The van der Waals surface area contributed by atoms with E-state index in [0.717, 1.165) is 29.9 Å². The van der Waals surface area contributed by atoms with Crippen molar-refractivity contribution < 1.29 is 14.6 Å². The molecule has 2 rings (SSSR count). The maximum Gasteiger partial charge on any atom is 0.335 e. The predicted molar refractivity (Wildman–Crippen MR) is 88.4 cm³/mol. The molecule has 0 unspecified atom stereocenters. The fourth-order valence-corrected chi connectivity index (χ4v) is 2.23. The van der Waals surface area contributed by atoms with E-state index in [-0.39, 0.29) is 0 Å². The third-order valence-electron chi connectivity index (χ3n) is 3.51. The van der Waals surface area contributed by atoms with Gasteiger partial charge in [0.25, 0.3) is 0 Å². The molecule has 0 heterocycles. The summed E-state index contributed by atoms with van der Waals surface area (Å²) in [5, 5.41) is 8.90. The molecule has 0 aromatic heterocycles. The first-order valence-corrected chi connectivity index (χ1v) is 7.63. The summed E-state index contributed by atoms with van der Waals surface area (Å²) >= 11 is 0. The highest BCUT2D eigenvalue weighted by molar-refractivity contribution is 5.88. The van der Waals surface area contributed by atoms with E-state index >= 15 is 0 Å². The lowest BCUT2D eigenvalue weighted by Gasteiger charge is -2.08. The quantitative estimate of drug-likeness (QED) is 0.742. The van der Waals surface area contributed by atoms with Crippen molar-refractivity contribution in [3.05, 3.63) is 54.1 Å². The zero-order chi connectivity index (χ0) is 15.9. The molecule has 22 heavy (non-hydrogen) atoms. The first kappa shape index (κ1) is 16.1. The normalized spacial score (nSPS) is 10.7. The molecule has 0 aliphatic rings. The molecular weight excluding hydrogens is 276 g/mol. The van der Waals surface area contributed by atoms with Crippen LogP contribution in [0.15, 0.2) is 48.5 Å². The molecule has 2 aromatic carbocycles. The second kappa shape index (κ2) is 7.64. The summed E-state index contributed by atoms with van der Waals surface area (Å²) in [6.45, 7) is 5.17. The highest BCUT2D eigenvalue weighted by Crippen LogP contribution is 2.23. The molecule has 116 valence electrons. The Morgan fingerprint density at radius 3 is 2.05 bits per heavy atom. The Bertz CT molecular complexity index is 598. The third-order valence-corrected chi connectivity index (χ3v) is 3.51. The van der Waals surface area contributed by atoms with Crippen molar-refractivity contribution in [1.82, 2.24) is 0 Å². The van der Waals surface area contributed by atoms with Gasteiger partial charge in [-0.1, -0.05) is 38.1 Å². The topological polar surface area (TPSA) is 46.5 Å².